The lowest BCUT2D eigenvalue weighted by atomic mass is 10.1. The van der Waals surface area contributed by atoms with Gasteiger partial charge in [-0.25, -0.2) is 4.39 Å². The van der Waals surface area contributed by atoms with Gasteiger partial charge in [0.05, 0.1) is 12.7 Å². The summed E-state index contributed by atoms with van der Waals surface area (Å²) in [6.07, 6.45) is 0. The number of halogens is 1. The van der Waals surface area contributed by atoms with E-state index in [0.717, 1.165) is 5.56 Å². The highest BCUT2D eigenvalue weighted by Gasteiger charge is 2.16. The van der Waals surface area contributed by atoms with E-state index < -0.39 is 5.60 Å². The predicted molar refractivity (Wildman–Crippen MR) is 65.6 cm³/mol. The SMILES string of the molecule is COc1ccc(F)cc1CN(C)CC(C)(C)O. The molecule has 0 fully saturated rings. The van der Waals surface area contributed by atoms with E-state index in [9.17, 15) is 9.50 Å². The molecule has 96 valence electrons. The summed E-state index contributed by atoms with van der Waals surface area (Å²) in [7, 11) is 3.44. The zero-order valence-corrected chi connectivity index (χ0v) is 10.8. The summed E-state index contributed by atoms with van der Waals surface area (Å²) < 4.78 is 18.3. The molecule has 4 heteroatoms. The van der Waals surface area contributed by atoms with E-state index in [0.29, 0.717) is 18.8 Å². The van der Waals surface area contributed by atoms with E-state index in [1.54, 1.807) is 27.0 Å². The second-order valence-electron chi connectivity index (χ2n) is 4.94. The number of benzene rings is 1. The van der Waals surface area contributed by atoms with E-state index in [-0.39, 0.29) is 5.82 Å². The van der Waals surface area contributed by atoms with Crippen LogP contribution in [0.3, 0.4) is 0 Å². The molecule has 0 aliphatic heterocycles. The zero-order valence-electron chi connectivity index (χ0n) is 10.8. The van der Waals surface area contributed by atoms with Crippen LogP contribution in [-0.4, -0.2) is 36.3 Å². The standard InChI is InChI=1S/C13H20FNO2/c1-13(2,16)9-15(3)8-10-7-11(14)5-6-12(10)17-4/h5-7,16H,8-9H2,1-4H3. The van der Waals surface area contributed by atoms with Crippen molar-refractivity contribution in [3.63, 3.8) is 0 Å². The normalized spacial score (nSPS) is 11.9. The van der Waals surface area contributed by atoms with Crippen molar-refractivity contribution < 1.29 is 14.2 Å². The summed E-state index contributed by atoms with van der Waals surface area (Å²) >= 11 is 0. The van der Waals surface area contributed by atoms with Crippen molar-refractivity contribution in [1.82, 2.24) is 4.90 Å². The van der Waals surface area contributed by atoms with Gasteiger partial charge < -0.3 is 9.84 Å². The molecule has 1 N–H and O–H groups in total. The van der Waals surface area contributed by atoms with Gasteiger partial charge in [0.2, 0.25) is 0 Å². The lowest BCUT2D eigenvalue weighted by molar-refractivity contribution is 0.0422. The van der Waals surface area contributed by atoms with Gasteiger partial charge in [-0.1, -0.05) is 0 Å². The first-order valence-electron chi connectivity index (χ1n) is 5.55. The molecule has 0 spiro atoms. The minimum absolute atomic E-state index is 0.280. The van der Waals surface area contributed by atoms with Crippen molar-refractivity contribution in [2.24, 2.45) is 0 Å². The molecule has 0 amide bonds. The van der Waals surface area contributed by atoms with E-state index in [1.807, 2.05) is 11.9 Å². The first-order chi connectivity index (χ1) is 7.81. The number of hydrogen-bond acceptors (Lipinski definition) is 3. The minimum atomic E-state index is -0.769. The smallest absolute Gasteiger partial charge is 0.123 e. The number of nitrogens with zero attached hydrogens (tertiary/aromatic N) is 1. The molecule has 0 radical (unpaired) electrons. The summed E-state index contributed by atoms with van der Waals surface area (Å²) in [5.41, 5.74) is 0.00854. The lowest BCUT2D eigenvalue weighted by Crippen LogP contribution is -2.35. The summed E-state index contributed by atoms with van der Waals surface area (Å²) in [6.45, 7) is 4.52. The van der Waals surface area contributed by atoms with Crippen molar-refractivity contribution in [3.05, 3.63) is 29.6 Å². The quantitative estimate of drug-likeness (QED) is 0.856. The second-order valence-corrected chi connectivity index (χ2v) is 4.94. The highest BCUT2D eigenvalue weighted by molar-refractivity contribution is 5.33. The van der Waals surface area contributed by atoms with Crippen LogP contribution in [0.2, 0.25) is 0 Å². The van der Waals surface area contributed by atoms with Crippen LogP contribution in [-0.2, 0) is 6.54 Å². The second kappa shape index (κ2) is 5.47. The Bertz CT molecular complexity index is 374. The maximum Gasteiger partial charge on any atom is 0.123 e. The largest absolute Gasteiger partial charge is 0.496 e. The van der Waals surface area contributed by atoms with Crippen LogP contribution in [0.1, 0.15) is 19.4 Å². The number of methoxy groups -OCH3 is 1. The lowest BCUT2D eigenvalue weighted by Gasteiger charge is -2.25. The molecule has 0 aliphatic rings. The Morgan fingerprint density at radius 2 is 2.06 bits per heavy atom. The number of hydrogen-bond donors (Lipinski definition) is 1. The Balaban J connectivity index is 2.76. The first-order valence-corrected chi connectivity index (χ1v) is 5.55. The van der Waals surface area contributed by atoms with Crippen LogP contribution in [0, 0.1) is 5.82 Å². The summed E-state index contributed by atoms with van der Waals surface area (Å²) in [5, 5.41) is 9.70. The molecule has 1 rings (SSSR count). The fourth-order valence-corrected chi connectivity index (χ4v) is 1.88. The molecule has 0 unspecified atom stereocenters. The molecule has 0 atom stereocenters. The average Bonchev–Trinajstić information content (AvgIpc) is 2.14. The average molecular weight is 241 g/mol. The van der Waals surface area contributed by atoms with E-state index in [4.69, 9.17) is 4.74 Å². The molecule has 0 aliphatic carbocycles. The van der Waals surface area contributed by atoms with E-state index in [1.165, 1.54) is 12.1 Å². The van der Waals surface area contributed by atoms with Gasteiger partial charge in [0.1, 0.15) is 11.6 Å². The molecule has 0 saturated carbocycles. The van der Waals surface area contributed by atoms with Crippen LogP contribution in [0.4, 0.5) is 4.39 Å². The Labute approximate surface area is 102 Å². The first kappa shape index (κ1) is 13.9. The summed E-state index contributed by atoms with van der Waals surface area (Å²) in [6, 6.07) is 4.45. The van der Waals surface area contributed by atoms with Gasteiger partial charge in [-0.2, -0.15) is 0 Å². The Kier molecular flexibility index (Phi) is 4.48. The van der Waals surface area contributed by atoms with Gasteiger partial charge in [0, 0.05) is 18.7 Å². The van der Waals surface area contributed by atoms with Crippen molar-refractivity contribution in [1.29, 1.82) is 0 Å². The van der Waals surface area contributed by atoms with Crippen LogP contribution in [0.25, 0.3) is 0 Å². The topological polar surface area (TPSA) is 32.7 Å². The highest BCUT2D eigenvalue weighted by Crippen LogP contribution is 2.21. The van der Waals surface area contributed by atoms with Gasteiger partial charge >= 0.3 is 0 Å². The van der Waals surface area contributed by atoms with Gasteiger partial charge in [-0.05, 0) is 39.1 Å². The Morgan fingerprint density at radius 1 is 1.41 bits per heavy atom. The van der Waals surface area contributed by atoms with Gasteiger partial charge in [-0.3, -0.25) is 4.90 Å². The van der Waals surface area contributed by atoms with Crippen LogP contribution >= 0.6 is 0 Å². The molecule has 0 saturated heterocycles. The zero-order chi connectivity index (χ0) is 13.1. The Hall–Kier alpha value is -1.13. The molecule has 0 heterocycles. The molecular weight excluding hydrogens is 221 g/mol. The van der Waals surface area contributed by atoms with Gasteiger partial charge in [-0.15, -0.1) is 0 Å². The van der Waals surface area contributed by atoms with Gasteiger partial charge in [0.15, 0.2) is 0 Å². The maximum absolute atomic E-state index is 13.1. The molecule has 3 nitrogen and oxygen atoms in total. The summed E-state index contributed by atoms with van der Waals surface area (Å²) in [4.78, 5) is 1.93. The number of aliphatic hydroxyl groups is 1. The van der Waals surface area contributed by atoms with Crippen molar-refractivity contribution >= 4 is 0 Å². The molecule has 0 bridgehead atoms. The third-order valence-corrected chi connectivity index (χ3v) is 2.34. The predicted octanol–water partition coefficient (Wildman–Crippen LogP) is 2.04. The molecule has 17 heavy (non-hydrogen) atoms. The highest BCUT2D eigenvalue weighted by atomic mass is 19.1. The summed E-state index contributed by atoms with van der Waals surface area (Å²) in [5.74, 6) is 0.381. The van der Waals surface area contributed by atoms with Crippen molar-refractivity contribution in [3.8, 4) is 5.75 Å². The monoisotopic (exact) mass is 241 g/mol. The molecule has 1 aromatic rings. The van der Waals surface area contributed by atoms with Crippen molar-refractivity contribution in [2.45, 2.75) is 26.0 Å². The molecule has 0 aromatic heterocycles. The van der Waals surface area contributed by atoms with Gasteiger partial charge in [0.25, 0.3) is 0 Å². The van der Waals surface area contributed by atoms with Crippen LogP contribution < -0.4 is 4.74 Å². The molecular formula is C13H20FNO2. The third-order valence-electron chi connectivity index (χ3n) is 2.34. The molecule has 1 aromatic carbocycles. The van der Waals surface area contributed by atoms with E-state index in [2.05, 4.69) is 0 Å². The maximum atomic E-state index is 13.1. The minimum Gasteiger partial charge on any atom is -0.496 e. The van der Waals surface area contributed by atoms with Crippen LogP contribution in [0.15, 0.2) is 18.2 Å². The number of likely N-dealkylation sites (N-methyl/N-ethyl adjacent to an activating group) is 1. The number of rotatable bonds is 5. The Morgan fingerprint density at radius 3 is 2.59 bits per heavy atom. The number of ether oxygens (including phenoxy) is 1. The van der Waals surface area contributed by atoms with E-state index >= 15 is 0 Å². The fraction of sp³-hybridized carbons (Fsp3) is 0.538. The van der Waals surface area contributed by atoms with Crippen molar-refractivity contribution in [2.75, 3.05) is 20.7 Å². The third kappa shape index (κ3) is 4.71. The van der Waals surface area contributed by atoms with Crippen LogP contribution in [0.5, 0.6) is 5.75 Å². The fourth-order valence-electron chi connectivity index (χ4n) is 1.88.